The van der Waals surface area contributed by atoms with Crippen molar-refractivity contribution in [3.8, 4) is 17.2 Å². The monoisotopic (exact) mass is 354 g/mol. The normalized spacial score (nSPS) is 17.8. The minimum atomic E-state index is -0.281. The SMILES string of the molecule is NCc1ccc2c(c1)C1(CCN(C(=O)c3ccc(O)c(O)c3)CC1)CO2. The molecule has 0 saturated carbocycles. The van der Waals surface area contributed by atoms with Gasteiger partial charge in [0, 0.05) is 36.2 Å². The smallest absolute Gasteiger partial charge is 0.253 e. The Morgan fingerprint density at radius 3 is 2.58 bits per heavy atom. The fraction of sp³-hybridized carbons (Fsp3) is 0.350. The van der Waals surface area contributed by atoms with Crippen molar-refractivity contribution in [3.63, 3.8) is 0 Å². The zero-order valence-corrected chi connectivity index (χ0v) is 14.4. The van der Waals surface area contributed by atoms with E-state index < -0.39 is 0 Å². The van der Waals surface area contributed by atoms with Crippen molar-refractivity contribution < 1.29 is 19.7 Å². The van der Waals surface area contributed by atoms with Gasteiger partial charge in [0.1, 0.15) is 5.75 Å². The number of rotatable bonds is 2. The Balaban J connectivity index is 1.52. The third-order valence-electron chi connectivity index (χ3n) is 5.59. The molecular weight excluding hydrogens is 332 g/mol. The summed E-state index contributed by atoms with van der Waals surface area (Å²) in [6, 6.07) is 10.3. The van der Waals surface area contributed by atoms with Crippen LogP contribution in [0.2, 0.25) is 0 Å². The summed E-state index contributed by atoms with van der Waals surface area (Å²) in [7, 11) is 0. The van der Waals surface area contributed by atoms with E-state index in [2.05, 4.69) is 6.07 Å². The minimum Gasteiger partial charge on any atom is -0.504 e. The van der Waals surface area contributed by atoms with Crippen molar-refractivity contribution in [2.75, 3.05) is 19.7 Å². The highest BCUT2D eigenvalue weighted by molar-refractivity contribution is 5.95. The van der Waals surface area contributed by atoms with E-state index in [1.165, 1.54) is 23.8 Å². The molecule has 136 valence electrons. The zero-order valence-electron chi connectivity index (χ0n) is 14.4. The number of nitrogens with two attached hydrogens (primary N) is 1. The van der Waals surface area contributed by atoms with Crippen LogP contribution in [0.15, 0.2) is 36.4 Å². The van der Waals surface area contributed by atoms with Crippen molar-refractivity contribution in [2.24, 2.45) is 5.73 Å². The van der Waals surface area contributed by atoms with Crippen molar-refractivity contribution in [1.82, 2.24) is 4.90 Å². The first-order chi connectivity index (χ1) is 12.5. The van der Waals surface area contributed by atoms with Crippen molar-refractivity contribution in [1.29, 1.82) is 0 Å². The van der Waals surface area contributed by atoms with Crippen LogP contribution in [0.1, 0.15) is 34.3 Å². The molecule has 4 N–H and O–H groups in total. The predicted octanol–water partition coefficient (Wildman–Crippen LogP) is 2.12. The molecule has 26 heavy (non-hydrogen) atoms. The van der Waals surface area contributed by atoms with Crippen LogP contribution in [0.5, 0.6) is 17.2 Å². The summed E-state index contributed by atoms with van der Waals surface area (Å²) in [6.07, 6.45) is 1.65. The van der Waals surface area contributed by atoms with Gasteiger partial charge < -0.3 is 25.6 Å². The Morgan fingerprint density at radius 1 is 1.12 bits per heavy atom. The maximum Gasteiger partial charge on any atom is 0.253 e. The molecule has 1 saturated heterocycles. The minimum absolute atomic E-state index is 0.0611. The van der Waals surface area contributed by atoms with Gasteiger partial charge in [-0.3, -0.25) is 4.79 Å². The van der Waals surface area contributed by atoms with Gasteiger partial charge in [0.05, 0.1) is 6.61 Å². The Hall–Kier alpha value is -2.73. The summed E-state index contributed by atoms with van der Waals surface area (Å²) in [4.78, 5) is 14.5. The number of hydrogen-bond donors (Lipinski definition) is 3. The number of benzene rings is 2. The second kappa shape index (κ2) is 6.21. The molecule has 4 rings (SSSR count). The van der Waals surface area contributed by atoms with Crippen LogP contribution in [-0.4, -0.2) is 40.7 Å². The number of nitrogens with zero attached hydrogens (tertiary/aromatic N) is 1. The van der Waals surface area contributed by atoms with E-state index in [9.17, 15) is 15.0 Å². The summed E-state index contributed by atoms with van der Waals surface area (Å²) in [5.74, 6) is 0.279. The first-order valence-electron chi connectivity index (χ1n) is 8.80. The molecule has 6 heteroatoms. The standard InChI is InChI=1S/C20H22N2O4/c21-11-13-1-4-18-15(9-13)20(12-26-18)5-7-22(8-6-20)19(25)14-2-3-16(23)17(24)10-14/h1-4,9-10,23-24H,5-8,11-12,21H2. The number of piperidine rings is 1. The van der Waals surface area contributed by atoms with E-state index in [-0.39, 0.29) is 22.8 Å². The largest absolute Gasteiger partial charge is 0.504 e. The van der Waals surface area contributed by atoms with Gasteiger partial charge in [-0.15, -0.1) is 0 Å². The van der Waals surface area contributed by atoms with Gasteiger partial charge in [-0.25, -0.2) is 0 Å². The molecule has 0 unspecified atom stereocenters. The third-order valence-corrected chi connectivity index (χ3v) is 5.59. The number of phenols is 2. The summed E-state index contributed by atoms with van der Waals surface area (Å²) in [5, 5.41) is 19.0. The van der Waals surface area contributed by atoms with Gasteiger partial charge in [0.25, 0.3) is 5.91 Å². The first-order valence-corrected chi connectivity index (χ1v) is 8.80. The van der Waals surface area contributed by atoms with Crippen LogP contribution in [-0.2, 0) is 12.0 Å². The highest BCUT2D eigenvalue weighted by atomic mass is 16.5. The number of carbonyl (C=O) groups is 1. The Kier molecular flexibility index (Phi) is 4.00. The van der Waals surface area contributed by atoms with E-state index in [0.29, 0.717) is 31.8 Å². The summed E-state index contributed by atoms with van der Waals surface area (Å²) in [5.41, 5.74) is 8.39. The van der Waals surface area contributed by atoms with Gasteiger partial charge in [0.2, 0.25) is 0 Å². The number of aromatic hydroxyl groups is 2. The molecule has 1 spiro atoms. The van der Waals surface area contributed by atoms with Gasteiger partial charge in [-0.2, -0.15) is 0 Å². The molecule has 0 atom stereocenters. The highest BCUT2D eigenvalue weighted by Gasteiger charge is 2.43. The number of likely N-dealkylation sites (tertiary alicyclic amines) is 1. The Bertz CT molecular complexity index is 857. The van der Waals surface area contributed by atoms with E-state index in [4.69, 9.17) is 10.5 Å². The number of carbonyl (C=O) groups excluding carboxylic acids is 1. The van der Waals surface area contributed by atoms with Crippen LogP contribution in [0.25, 0.3) is 0 Å². The molecule has 0 bridgehead atoms. The Labute approximate surface area is 151 Å². The Morgan fingerprint density at radius 2 is 1.88 bits per heavy atom. The summed E-state index contributed by atoms with van der Waals surface area (Å²) < 4.78 is 5.90. The van der Waals surface area contributed by atoms with Crippen LogP contribution >= 0.6 is 0 Å². The van der Waals surface area contributed by atoms with Gasteiger partial charge in [0.15, 0.2) is 11.5 Å². The molecule has 2 heterocycles. The molecule has 6 nitrogen and oxygen atoms in total. The van der Waals surface area contributed by atoms with Gasteiger partial charge in [-0.1, -0.05) is 12.1 Å². The predicted molar refractivity (Wildman–Crippen MR) is 96.4 cm³/mol. The lowest BCUT2D eigenvalue weighted by atomic mass is 9.74. The average molecular weight is 354 g/mol. The molecule has 2 aromatic rings. The van der Waals surface area contributed by atoms with Crippen LogP contribution < -0.4 is 10.5 Å². The molecule has 1 amide bonds. The van der Waals surface area contributed by atoms with Crippen LogP contribution in [0.4, 0.5) is 0 Å². The maximum atomic E-state index is 12.7. The number of ether oxygens (including phenoxy) is 1. The number of hydrogen-bond acceptors (Lipinski definition) is 5. The third kappa shape index (κ3) is 2.66. The van der Waals surface area contributed by atoms with Gasteiger partial charge >= 0.3 is 0 Å². The molecule has 0 radical (unpaired) electrons. The van der Waals surface area contributed by atoms with E-state index in [1.807, 2.05) is 12.1 Å². The second-order valence-corrected chi connectivity index (χ2v) is 7.10. The molecular formula is C20H22N2O4. The highest BCUT2D eigenvalue weighted by Crippen LogP contribution is 2.46. The molecule has 1 fully saturated rings. The summed E-state index contributed by atoms with van der Waals surface area (Å²) in [6.45, 7) is 2.38. The fourth-order valence-corrected chi connectivity index (χ4v) is 3.93. The fourth-order valence-electron chi connectivity index (χ4n) is 3.93. The number of fused-ring (bicyclic) bond motifs is 2. The van der Waals surface area contributed by atoms with Crippen LogP contribution in [0, 0.1) is 0 Å². The molecule has 2 aromatic carbocycles. The topological polar surface area (TPSA) is 96.0 Å². The lowest BCUT2D eigenvalue weighted by molar-refractivity contribution is 0.0646. The van der Waals surface area contributed by atoms with Crippen LogP contribution in [0.3, 0.4) is 0 Å². The van der Waals surface area contributed by atoms with Gasteiger partial charge in [-0.05, 0) is 42.7 Å². The average Bonchev–Trinajstić information content (AvgIpc) is 3.01. The lowest BCUT2D eigenvalue weighted by Crippen LogP contribution is -2.46. The van der Waals surface area contributed by atoms with E-state index >= 15 is 0 Å². The van der Waals surface area contributed by atoms with E-state index in [1.54, 1.807) is 4.90 Å². The zero-order chi connectivity index (χ0) is 18.3. The second-order valence-electron chi connectivity index (χ2n) is 7.10. The molecule has 2 aliphatic rings. The molecule has 2 aliphatic heterocycles. The number of amides is 1. The van der Waals surface area contributed by atoms with Crippen molar-refractivity contribution in [2.45, 2.75) is 24.8 Å². The quantitative estimate of drug-likeness (QED) is 0.718. The maximum absolute atomic E-state index is 12.7. The molecule has 0 aliphatic carbocycles. The number of phenolic OH excluding ortho intramolecular Hbond substituents is 2. The van der Waals surface area contributed by atoms with Crippen molar-refractivity contribution >= 4 is 5.91 Å². The summed E-state index contributed by atoms with van der Waals surface area (Å²) >= 11 is 0. The van der Waals surface area contributed by atoms with E-state index in [0.717, 1.165) is 24.2 Å². The molecule has 0 aromatic heterocycles. The first kappa shape index (κ1) is 16.7. The van der Waals surface area contributed by atoms with Crippen molar-refractivity contribution in [3.05, 3.63) is 53.1 Å². The lowest BCUT2D eigenvalue weighted by Gasteiger charge is -2.38.